The van der Waals surface area contributed by atoms with Crippen LogP contribution in [0.2, 0.25) is 0 Å². The molecule has 0 radical (unpaired) electrons. The van der Waals surface area contributed by atoms with Crippen LogP contribution >= 0.6 is 15.9 Å². The Bertz CT molecular complexity index is 728. The van der Waals surface area contributed by atoms with Crippen LogP contribution < -0.4 is 4.74 Å². The molecule has 1 heterocycles. The van der Waals surface area contributed by atoms with Crippen molar-refractivity contribution in [2.75, 3.05) is 32.7 Å². The highest BCUT2D eigenvalue weighted by molar-refractivity contribution is 9.10. The van der Waals surface area contributed by atoms with Gasteiger partial charge in [0, 0.05) is 36.2 Å². The van der Waals surface area contributed by atoms with Gasteiger partial charge in [-0.15, -0.1) is 0 Å². The second-order valence-corrected chi connectivity index (χ2v) is 7.43. The van der Waals surface area contributed by atoms with Crippen molar-refractivity contribution in [1.82, 2.24) is 9.80 Å². The molecule has 1 saturated heterocycles. The minimum absolute atomic E-state index is 0.170. The maximum atomic E-state index is 12.7. The first-order valence-electron chi connectivity index (χ1n) is 9.11. The number of halogens is 1. The standard InChI is InChI=1S/C21H25BrN2O2/c1-2-23-10-12-24(13-11-23)21(25)15-18-14-19(22)8-9-20(18)26-16-17-6-4-3-5-7-17/h3-9,14H,2,10-13,15-16H2,1H3. The van der Waals surface area contributed by atoms with E-state index in [1.807, 2.05) is 53.4 Å². The van der Waals surface area contributed by atoms with E-state index in [4.69, 9.17) is 4.74 Å². The Morgan fingerprint density at radius 2 is 1.81 bits per heavy atom. The Morgan fingerprint density at radius 1 is 1.08 bits per heavy atom. The molecule has 1 amide bonds. The van der Waals surface area contributed by atoms with Gasteiger partial charge in [-0.25, -0.2) is 0 Å². The van der Waals surface area contributed by atoms with Crippen molar-refractivity contribution in [3.63, 3.8) is 0 Å². The molecule has 0 atom stereocenters. The van der Waals surface area contributed by atoms with Crippen molar-refractivity contribution in [3.8, 4) is 5.75 Å². The summed E-state index contributed by atoms with van der Waals surface area (Å²) in [5.41, 5.74) is 2.04. The number of likely N-dealkylation sites (N-methyl/N-ethyl adjacent to an activating group) is 1. The fourth-order valence-electron chi connectivity index (χ4n) is 3.15. The van der Waals surface area contributed by atoms with Crippen molar-refractivity contribution in [3.05, 3.63) is 64.1 Å². The lowest BCUT2D eigenvalue weighted by Crippen LogP contribution is -2.48. The summed E-state index contributed by atoms with van der Waals surface area (Å²) in [7, 11) is 0. The molecular weight excluding hydrogens is 392 g/mol. The van der Waals surface area contributed by atoms with E-state index in [1.165, 1.54) is 0 Å². The lowest BCUT2D eigenvalue weighted by Gasteiger charge is -2.34. The summed E-state index contributed by atoms with van der Waals surface area (Å²) in [6, 6.07) is 15.9. The van der Waals surface area contributed by atoms with Crippen LogP contribution in [0.15, 0.2) is 53.0 Å². The van der Waals surface area contributed by atoms with E-state index in [0.717, 1.165) is 54.1 Å². The van der Waals surface area contributed by atoms with Gasteiger partial charge < -0.3 is 14.5 Å². The lowest BCUT2D eigenvalue weighted by molar-refractivity contribution is -0.132. The summed E-state index contributed by atoms with van der Waals surface area (Å²) in [6.07, 6.45) is 0.371. The normalized spacial score (nSPS) is 15.1. The van der Waals surface area contributed by atoms with Gasteiger partial charge in [0.15, 0.2) is 0 Å². The minimum atomic E-state index is 0.170. The van der Waals surface area contributed by atoms with Gasteiger partial charge in [0.2, 0.25) is 5.91 Å². The van der Waals surface area contributed by atoms with Crippen LogP contribution in [0.3, 0.4) is 0 Å². The molecule has 1 aliphatic rings. The highest BCUT2D eigenvalue weighted by atomic mass is 79.9. The maximum Gasteiger partial charge on any atom is 0.227 e. The van der Waals surface area contributed by atoms with Crippen molar-refractivity contribution in [1.29, 1.82) is 0 Å². The molecule has 0 bridgehead atoms. The maximum absolute atomic E-state index is 12.7. The zero-order chi connectivity index (χ0) is 18.4. The first kappa shape index (κ1) is 18.9. The predicted molar refractivity (Wildman–Crippen MR) is 107 cm³/mol. The van der Waals surface area contributed by atoms with Gasteiger partial charge in [-0.05, 0) is 30.3 Å². The molecular formula is C21H25BrN2O2. The Hall–Kier alpha value is -1.85. The molecule has 26 heavy (non-hydrogen) atoms. The molecule has 0 aromatic heterocycles. The van der Waals surface area contributed by atoms with Gasteiger partial charge in [0.05, 0.1) is 6.42 Å². The molecule has 4 nitrogen and oxygen atoms in total. The summed E-state index contributed by atoms with van der Waals surface area (Å²) in [5.74, 6) is 0.945. The molecule has 2 aromatic carbocycles. The van der Waals surface area contributed by atoms with Gasteiger partial charge in [-0.2, -0.15) is 0 Å². The number of nitrogens with zero attached hydrogens (tertiary/aromatic N) is 2. The van der Waals surface area contributed by atoms with E-state index < -0.39 is 0 Å². The van der Waals surface area contributed by atoms with Crippen LogP contribution in [0.1, 0.15) is 18.1 Å². The van der Waals surface area contributed by atoms with E-state index in [2.05, 4.69) is 27.8 Å². The Balaban J connectivity index is 1.65. The topological polar surface area (TPSA) is 32.8 Å². The van der Waals surface area contributed by atoms with Crippen molar-refractivity contribution >= 4 is 21.8 Å². The van der Waals surface area contributed by atoms with Crippen LogP contribution in [0.5, 0.6) is 5.75 Å². The third kappa shape index (κ3) is 5.08. The molecule has 1 aliphatic heterocycles. The highest BCUT2D eigenvalue weighted by Crippen LogP contribution is 2.25. The number of rotatable bonds is 6. The SMILES string of the molecule is CCN1CCN(C(=O)Cc2cc(Br)ccc2OCc2ccccc2)CC1. The number of hydrogen-bond donors (Lipinski definition) is 0. The number of ether oxygens (including phenoxy) is 1. The summed E-state index contributed by atoms with van der Waals surface area (Å²) in [5, 5.41) is 0. The molecule has 3 rings (SSSR count). The Kier molecular flexibility index (Phi) is 6.69. The van der Waals surface area contributed by atoms with Crippen molar-refractivity contribution < 1.29 is 9.53 Å². The molecule has 138 valence electrons. The largest absolute Gasteiger partial charge is 0.489 e. The fraction of sp³-hybridized carbons (Fsp3) is 0.381. The van der Waals surface area contributed by atoms with E-state index >= 15 is 0 Å². The smallest absolute Gasteiger partial charge is 0.227 e. The van der Waals surface area contributed by atoms with Gasteiger partial charge in [-0.1, -0.05) is 53.2 Å². The number of benzene rings is 2. The first-order valence-corrected chi connectivity index (χ1v) is 9.90. The van der Waals surface area contributed by atoms with Crippen molar-refractivity contribution in [2.24, 2.45) is 0 Å². The molecule has 0 unspecified atom stereocenters. The molecule has 0 N–H and O–H groups in total. The van der Waals surface area contributed by atoms with Crippen LogP contribution in [0.4, 0.5) is 0 Å². The zero-order valence-electron chi connectivity index (χ0n) is 15.2. The highest BCUT2D eigenvalue weighted by Gasteiger charge is 2.21. The third-order valence-electron chi connectivity index (χ3n) is 4.77. The van der Waals surface area contributed by atoms with Crippen LogP contribution in [-0.4, -0.2) is 48.4 Å². The van der Waals surface area contributed by atoms with Gasteiger partial charge in [-0.3, -0.25) is 4.79 Å². The summed E-state index contributed by atoms with van der Waals surface area (Å²) >= 11 is 3.51. The second kappa shape index (κ2) is 9.19. The second-order valence-electron chi connectivity index (χ2n) is 6.52. The van der Waals surface area contributed by atoms with Crippen LogP contribution in [-0.2, 0) is 17.8 Å². The van der Waals surface area contributed by atoms with Crippen molar-refractivity contribution in [2.45, 2.75) is 20.0 Å². The van der Waals surface area contributed by atoms with Crippen LogP contribution in [0.25, 0.3) is 0 Å². The quantitative estimate of drug-likeness (QED) is 0.718. The average Bonchev–Trinajstić information content (AvgIpc) is 2.68. The van der Waals surface area contributed by atoms with E-state index in [1.54, 1.807) is 0 Å². The van der Waals surface area contributed by atoms with Gasteiger partial charge in [0.1, 0.15) is 12.4 Å². The molecule has 1 fully saturated rings. The predicted octanol–water partition coefficient (Wildman–Crippen LogP) is 3.73. The Labute approximate surface area is 163 Å². The number of carbonyl (C=O) groups is 1. The fourth-order valence-corrected chi connectivity index (χ4v) is 3.56. The molecule has 5 heteroatoms. The van der Waals surface area contributed by atoms with Gasteiger partial charge >= 0.3 is 0 Å². The van der Waals surface area contributed by atoms with Gasteiger partial charge in [0.25, 0.3) is 0 Å². The summed E-state index contributed by atoms with van der Waals surface area (Å²) in [4.78, 5) is 17.1. The summed E-state index contributed by atoms with van der Waals surface area (Å²) < 4.78 is 6.96. The number of piperazine rings is 1. The average molecular weight is 417 g/mol. The number of carbonyl (C=O) groups excluding carboxylic acids is 1. The zero-order valence-corrected chi connectivity index (χ0v) is 16.7. The van der Waals surface area contributed by atoms with E-state index in [0.29, 0.717) is 13.0 Å². The number of amides is 1. The monoisotopic (exact) mass is 416 g/mol. The third-order valence-corrected chi connectivity index (χ3v) is 5.27. The first-order chi connectivity index (χ1) is 12.7. The molecule has 0 aliphatic carbocycles. The van der Waals surface area contributed by atoms with Crippen LogP contribution in [0, 0.1) is 0 Å². The lowest BCUT2D eigenvalue weighted by atomic mass is 10.1. The number of hydrogen-bond acceptors (Lipinski definition) is 3. The van der Waals surface area contributed by atoms with E-state index in [9.17, 15) is 4.79 Å². The minimum Gasteiger partial charge on any atom is -0.489 e. The summed E-state index contributed by atoms with van der Waals surface area (Å²) in [6.45, 7) is 7.23. The van der Waals surface area contributed by atoms with E-state index in [-0.39, 0.29) is 5.91 Å². The molecule has 0 saturated carbocycles. The molecule has 2 aromatic rings. The Morgan fingerprint density at radius 3 is 2.50 bits per heavy atom. The molecule has 0 spiro atoms.